The summed E-state index contributed by atoms with van der Waals surface area (Å²) in [6.07, 6.45) is 0.437. The van der Waals surface area contributed by atoms with E-state index in [1.54, 1.807) is 0 Å². The zero-order valence-corrected chi connectivity index (χ0v) is 14.0. The number of aryl methyl sites for hydroxylation is 1. The van der Waals surface area contributed by atoms with Crippen molar-refractivity contribution >= 4 is 23.1 Å². The molecule has 0 radical (unpaired) electrons. The van der Waals surface area contributed by atoms with Crippen LogP contribution < -0.4 is 11.5 Å². The summed E-state index contributed by atoms with van der Waals surface area (Å²) in [5.74, 6) is -0.947. The summed E-state index contributed by atoms with van der Waals surface area (Å²) in [6.45, 7) is 3.36. The van der Waals surface area contributed by atoms with Crippen LogP contribution in [-0.2, 0) is 9.53 Å². The van der Waals surface area contributed by atoms with E-state index >= 15 is 4.39 Å². The molecular formula is C17H20ClFN2O2. The number of nitrogens with two attached hydrogens (primary N) is 2. The summed E-state index contributed by atoms with van der Waals surface area (Å²) < 4.78 is 21.3. The molecule has 0 aromatic heterocycles. The normalized spacial score (nSPS) is 26.0. The van der Waals surface area contributed by atoms with Crippen molar-refractivity contribution in [2.45, 2.75) is 31.7 Å². The number of carbonyl (C=O) groups is 1. The monoisotopic (exact) mass is 338 g/mol. The maximum atomic E-state index is 15.9. The van der Waals surface area contributed by atoms with Gasteiger partial charge < -0.3 is 16.2 Å². The van der Waals surface area contributed by atoms with Crippen LogP contribution in [0, 0.1) is 6.92 Å². The Balaban J connectivity index is 2.76. The first-order chi connectivity index (χ1) is 10.7. The van der Waals surface area contributed by atoms with Crippen LogP contribution in [0.15, 0.2) is 40.9 Å². The van der Waals surface area contributed by atoms with Gasteiger partial charge in [0.1, 0.15) is 6.10 Å². The van der Waals surface area contributed by atoms with Gasteiger partial charge in [0.2, 0.25) is 5.91 Å². The smallest absolute Gasteiger partial charge is 0.249 e. The molecule has 4 N–H and O–H groups in total. The SMILES string of the molecule is COC1C(c2ccccc2C)=CC(Cl)=C(C(N)=O)C1(F)C(C)N. The lowest BCUT2D eigenvalue weighted by molar-refractivity contribution is -0.117. The van der Waals surface area contributed by atoms with Crippen molar-refractivity contribution in [1.29, 1.82) is 0 Å². The van der Waals surface area contributed by atoms with Gasteiger partial charge >= 0.3 is 0 Å². The summed E-state index contributed by atoms with van der Waals surface area (Å²) in [7, 11) is 1.37. The van der Waals surface area contributed by atoms with Gasteiger partial charge in [0.25, 0.3) is 0 Å². The van der Waals surface area contributed by atoms with E-state index in [2.05, 4.69) is 0 Å². The van der Waals surface area contributed by atoms with Crippen molar-refractivity contribution in [3.8, 4) is 0 Å². The molecule has 1 aromatic rings. The summed E-state index contributed by atoms with van der Waals surface area (Å²) in [6, 6.07) is 6.41. The molecule has 0 bridgehead atoms. The molecule has 124 valence electrons. The first-order valence-electron chi connectivity index (χ1n) is 7.20. The second-order valence-electron chi connectivity index (χ2n) is 5.67. The zero-order valence-electron chi connectivity index (χ0n) is 13.3. The maximum Gasteiger partial charge on any atom is 0.249 e. The molecule has 0 saturated carbocycles. The molecule has 1 amide bonds. The van der Waals surface area contributed by atoms with Gasteiger partial charge in [-0.1, -0.05) is 35.9 Å². The number of ether oxygens (including phenoxy) is 1. The predicted molar refractivity (Wildman–Crippen MR) is 89.5 cm³/mol. The van der Waals surface area contributed by atoms with E-state index < -0.39 is 23.7 Å². The first-order valence-corrected chi connectivity index (χ1v) is 7.57. The van der Waals surface area contributed by atoms with E-state index in [0.29, 0.717) is 5.57 Å². The Kier molecular flexibility index (Phi) is 4.94. The quantitative estimate of drug-likeness (QED) is 0.885. The van der Waals surface area contributed by atoms with Gasteiger partial charge in [-0.25, -0.2) is 4.39 Å². The Morgan fingerprint density at radius 3 is 2.52 bits per heavy atom. The number of hydrogen-bond acceptors (Lipinski definition) is 3. The number of benzene rings is 1. The molecule has 0 saturated heterocycles. The number of amides is 1. The van der Waals surface area contributed by atoms with Crippen LogP contribution in [0.1, 0.15) is 18.1 Å². The Bertz CT molecular complexity index is 700. The van der Waals surface area contributed by atoms with Crippen molar-refractivity contribution in [3.05, 3.63) is 52.1 Å². The average Bonchev–Trinajstić information content (AvgIpc) is 2.46. The molecule has 1 aromatic carbocycles. The third kappa shape index (κ3) is 2.80. The van der Waals surface area contributed by atoms with Gasteiger partial charge in [0.05, 0.1) is 10.6 Å². The number of alkyl halides is 1. The minimum absolute atomic E-state index is 0.0520. The Hall–Kier alpha value is -1.69. The van der Waals surface area contributed by atoms with Crippen molar-refractivity contribution < 1.29 is 13.9 Å². The predicted octanol–water partition coefficient (Wildman–Crippen LogP) is 2.44. The molecule has 0 fully saturated rings. The Morgan fingerprint density at radius 2 is 2.04 bits per heavy atom. The Morgan fingerprint density at radius 1 is 1.43 bits per heavy atom. The number of allylic oxidation sites excluding steroid dienone is 2. The van der Waals surface area contributed by atoms with Crippen molar-refractivity contribution in [2.75, 3.05) is 7.11 Å². The van der Waals surface area contributed by atoms with Crippen molar-refractivity contribution in [3.63, 3.8) is 0 Å². The van der Waals surface area contributed by atoms with Gasteiger partial charge in [0, 0.05) is 13.2 Å². The lowest BCUT2D eigenvalue weighted by Crippen LogP contribution is -2.57. The van der Waals surface area contributed by atoms with E-state index in [1.807, 2.05) is 31.2 Å². The molecule has 2 rings (SSSR count). The summed E-state index contributed by atoms with van der Waals surface area (Å²) in [5, 5.41) is -0.0520. The van der Waals surface area contributed by atoms with Crippen molar-refractivity contribution in [2.24, 2.45) is 11.5 Å². The minimum Gasteiger partial charge on any atom is -0.373 e. The van der Waals surface area contributed by atoms with Gasteiger partial charge in [-0.05, 0) is 36.6 Å². The van der Waals surface area contributed by atoms with Gasteiger partial charge in [0.15, 0.2) is 5.67 Å². The first kappa shape index (κ1) is 17.7. The number of primary amides is 1. The van der Waals surface area contributed by atoms with E-state index in [4.69, 9.17) is 27.8 Å². The highest BCUT2D eigenvalue weighted by molar-refractivity contribution is 6.34. The number of methoxy groups -OCH3 is 1. The molecular weight excluding hydrogens is 319 g/mol. The highest BCUT2D eigenvalue weighted by atomic mass is 35.5. The van der Waals surface area contributed by atoms with Crippen LogP contribution in [0.3, 0.4) is 0 Å². The lowest BCUT2D eigenvalue weighted by Gasteiger charge is -2.41. The molecule has 23 heavy (non-hydrogen) atoms. The Labute approximate surface area is 139 Å². The summed E-state index contributed by atoms with van der Waals surface area (Å²) in [4.78, 5) is 11.8. The zero-order chi connectivity index (χ0) is 17.4. The third-order valence-corrected chi connectivity index (χ3v) is 4.47. The molecule has 0 aliphatic heterocycles. The molecule has 3 unspecified atom stereocenters. The van der Waals surface area contributed by atoms with Crippen LogP contribution >= 0.6 is 11.6 Å². The van der Waals surface area contributed by atoms with E-state index in [-0.39, 0.29) is 10.6 Å². The molecule has 1 aliphatic rings. The van der Waals surface area contributed by atoms with Crippen LogP contribution in [0.25, 0.3) is 5.57 Å². The van der Waals surface area contributed by atoms with Crippen LogP contribution in [0.5, 0.6) is 0 Å². The van der Waals surface area contributed by atoms with Gasteiger partial charge in [-0.2, -0.15) is 0 Å². The lowest BCUT2D eigenvalue weighted by atomic mass is 9.74. The maximum absolute atomic E-state index is 15.9. The highest BCUT2D eigenvalue weighted by Gasteiger charge is 2.53. The fourth-order valence-electron chi connectivity index (χ4n) is 3.01. The van der Waals surface area contributed by atoms with E-state index in [0.717, 1.165) is 11.1 Å². The minimum atomic E-state index is -2.32. The standard InChI is InChI=1S/C17H20ClFN2O2/c1-9-6-4-5-7-11(9)12-8-13(18)14(16(21)22)17(19,10(2)20)15(12)23-3/h4-8,10,15H,20H2,1-3H3,(H2,21,22). The molecule has 6 heteroatoms. The van der Waals surface area contributed by atoms with Crippen LogP contribution in [-0.4, -0.2) is 30.8 Å². The van der Waals surface area contributed by atoms with E-state index in [1.165, 1.54) is 20.1 Å². The number of hydrogen-bond donors (Lipinski definition) is 2. The number of halogens is 2. The van der Waals surface area contributed by atoms with Gasteiger partial charge in [-0.3, -0.25) is 4.79 Å². The topological polar surface area (TPSA) is 78.3 Å². The molecule has 0 spiro atoms. The largest absolute Gasteiger partial charge is 0.373 e. The second kappa shape index (κ2) is 6.43. The van der Waals surface area contributed by atoms with Crippen LogP contribution in [0.2, 0.25) is 0 Å². The molecule has 1 aliphatic carbocycles. The summed E-state index contributed by atoms with van der Waals surface area (Å²) >= 11 is 6.18. The fourth-order valence-corrected chi connectivity index (χ4v) is 3.37. The highest BCUT2D eigenvalue weighted by Crippen LogP contribution is 2.45. The molecule has 3 atom stereocenters. The van der Waals surface area contributed by atoms with E-state index in [9.17, 15) is 4.79 Å². The van der Waals surface area contributed by atoms with Gasteiger partial charge in [-0.15, -0.1) is 0 Å². The summed E-state index contributed by atoms with van der Waals surface area (Å²) in [5.41, 5.74) is 10.8. The molecule has 4 nitrogen and oxygen atoms in total. The third-order valence-electron chi connectivity index (χ3n) is 4.17. The fraction of sp³-hybridized carbons (Fsp3) is 0.353. The van der Waals surface area contributed by atoms with Crippen LogP contribution in [0.4, 0.5) is 4.39 Å². The molecule has 0 heterocycles. The number of carbonyl (C=O) groups excluding carboxylic acids is 1. The average molecular weight is 339 g/mol. The second-order valence-corrected chi connectivity index (χ2v) is 6.08. The van der Waals surface area contributed by atoms with Crippen molar-refractivity contribution in [1.82, 2.24) is 0 Å². The number of rotatable bonds is 4.